The van der Waals surface area contributed by atoms with Gasteiger partial charge in [0.25, 0.3) is 0 Å². The number of ether oxygens (including phenoxy) is 2. The molecule has 0 saturated carbocycles. The summed E-state index contributed by atoms with van der Waals surface area (Å²) in [5, 5.41) is 2.55. The van der Waals surface area contributed by atoms with Crippen molar-refractivity contribution in [1.82, 2.24) is 0 Å². The fourth-order valence-electron chi connectivity index (χ4n) is 2.68. The third-order valence-electron chi connectivity index (χ3n) is 3.85. The zero-order valence-electron chi connectivity index (χ0n) is 13.8. The molecule has 0 saturated heterocycles. The van der Waals surface area contributed by atoms with Crippen LogP contribution in [-0.4, -0.2) is 12.5 Å². The summed E-state index contributed by atoms with van der Waals surface area (Å²) in [6.45, 7) is 2.60. The number of carbonyl (C=O) groups excluding carboxylic acids is 1. The highest BCUT2D eigenvalue weighted by atomic mass is 35.5. The first-order chi connectivity index (χ1) is 12.1. The van der Waals surface area contributed by atoms with Crippen molar-refractivity contribution in [3.05, 3.63) is 70.7 Å². The summed E-state index contributed by atoms with van der Waals surface area (Å²) in [5.74, 6) is 0.244. The predicted molar refractivity (Wildman–Crippen MR) is 99.4 cm³/mol. The minimum absolute atomic E-state index is 0.283. The molecule has 3 aromatic carbocycles. The highest BCUT2D eigenvalue weighted by Crippen LogP contribution is 2.37. The van der Waals surface area contributed by atoms with Crippen molar-refractivity contribution < 1.29 is 14.3 Å². The van der Waals surface area contributed by atoms with Crippen LogP contribution in [0.2, 0.25) is 5.02 Å². The van der Waals surface area contributed by atoms with Crippen LogP contribution in [-0.2, 0) is 6.61 Å². The highest BCUT2D eigenvalue weighted by Gasteiger charge is 2.15. The van der Waals surface area contributed by atoms with Crippen LogP contribution >= 0.6 is 11.6 Å². The number of hydrogen-bond donors (Lipinski definition) is 1. The van der Waals surface area contributed by atoms with E-state index < -0.39 is 5.91 Å². The molecular weight excluding hydrogens is 338 g/mol. The van der Waals surface area contributed by atoms with Gasteiger partial charge in [-0.05, 0) is 35.4 Å². The van der Waals surface area contributed by atoms with Gasteiger partial charge in [-0.2, -0.15) is 0 Å². The minimum atomic E-state index is -0.566. The van der Waals surface area contributed by atoms with E-state index in [1.165, 1.54) is 6.07 Å². The second kappa shape index (κ2) is 7.45. The molecule has 0 heterocycles. The topological polar surface area (TPSA) is 61.5 Å². The average Bonchev–Trinajstić information content (AvgIpc) is 2.61. The zero-order chi connectivity index (χ0) is 17.8. The quantitative estimate of drug-likeness (QED) is 0.704. The number of fused-ring (bicyclic) bond motifs is 1. The number of nitrogens with two attached hydrogens (primary N) is 1. The molecule has 0 fully saturated rings. The zero-order valence-corrected chi connectivity index (χ0v) is 14.5. The van der Waals surface area contributed by atoms with Gasteiger partial charge in [0.05, 0.1) is 11.6 Å². The Morgan fingerprint density at radius 3 is 2.60 bits per heavy atom. The number of amides is 1. The standard InChI is InChI=1S/C20H18ClNO3/c1-2-24-18-11-15(20(22)23)10-17(21)19(18)25-12-14-8-5-7-13-6-3-4-9-16(13)14/h3-11H,2,12H2,1H3,(H2,22,23). The van der Waals surface area contributed by atoms with Crippen molar-refractivity contribution in [2.75, 3.05) is 6.61 Å². The van der Waals surface area contributed by atoms with E-state index in [-0.39, 0.29) is 5.56 Å². The van der Waals surface area contributed by atoms with Gasteiger partial charge in [-0.25, -0.2) is 0 Å². The Morgan fingerprint density at radius 1 is 1.08 bits per heavy atom. The average molecular weight is 356 g/mol. The number of carbonyl (C=O) groups is 1. The Labute approximate surface area is 151 Å². The van der Waals surface area contributed by atoms with Gasteiger partial charge in [-0.1, -0.05) is 54.1 Å². The summed E-state index contributed by atoms with van der Waals surface area (Å²) in [6.07, 6.45) is 0. The SMILES string of the molecule is CCOc1cc(C(N)=O)cc(Cl)c1OCc1cccc2ccccc12. The van der Waals surface area contributed by atoms with Crippen molar-refractivity contribution in [2.45, 2.75) is 13.5 Å². The number of primary amides is 1. The fourth-order valence-corrected chi connectivity index (χ4v) is 2.95. The molecule has 1 amide bonds. The van der Waals surface area contributed by atoms with Crippen LogP contribution in [0, 0.1) is 0 Å². The highest BCUT2D eigenvalue weighted by molar-refractivity contribution is 6.32. The predicted octanol–water partition coefficient (Wildman–Crippen LogP) is 4.57. The third-order valence-corrected chi connectivity index (χ3v) is 4.13. The van der Waals surface area contributed by atoms with E-state index in [0.29, 0.717) is 29.7 Å². The number of benzene rings is 3. The molecule has 2 N–H and O–H groups in total. The lowest BCUT2D eigenvalue weighted by molar-refractivity contribution is 0.0999. The molecule has 0 aliphatic rings. The molecule has 0 radical (unpaired) electrons. The van der Waals surface area contributed by atoms with E-state index in [9.17, 15) is 4.79 Å². The Hall–Kier alpha value is -2.72. The molecule has 0 aromatic heterocycles. The minimum Gasteiger partial charge on any atom is -0.490 e. The van der Waals surface area contributed by atoms with E-state index in [1.54, 1.807) is 6.07 Å². The second-order valence-electron chi connectivity index (χ2n) is 5.51. The van der Waals surface area contributed by atoms with E-state index in [4.69, 9.17) is 26.8 Å². The third kappa shape index (κ3) is 3.69. The van der Waals surface area contributed by atoms with Gasteiger partial charge in [0, 0.05) is 5.56 Å². The van der Waals surface area contributed by atoms with Crippen molar-refractivity contribution >= 4 is 28.3 Å². The van der Waals surface area contributed by atoms with Crippen molar-refractivity contribution in [2.24, 2.45) is 5.73 Å². The maximum absolute atomic E-state index is 11.4. The molecule has 25 heavy (non-hydrogen) atoms. The van der Waals surface area contributed by atoms with Gasteiger partial charge < -0.3 is 15.2 Å². The Morgan fingerprint density at radius 2 is 1.84 bits per heavy atom. The molecule has 5 heteroatoms. The lowest BCUT2D eigenvalue weighted by Crippen LogP contribution is -2.11. The molecule has 0 atom stereocenters. The van der Waals surface area contributed by atoms with E-state index in [2.05, 4.69) is 18.2 Å². The maximum Gasteiger partial charge on any atom is 0.248 e. The van der Waals surface area contributed by atoms with Crippen LogP contribution in [0.1, 0.15) is 22.8 Å². The smallest absolute Gasteiger partial charge is 0.248 e. The van der Waals surface area contributed by atoms with Crippen molar-refractivity contribution in [3.63, 3.8) is 0 Å². The van der Waals surface area contributed by atoms with Gasteiger partial charge in [0.15, 0.2) is 11.5 Å². The van der Waals surface area contributed by atoms with Crippen LogP contribution in [0.3, 0.4) is 0 Å². The first-order valence-corrected chi connectivity index (χ1v) is 8.33. The Balaban J connectivity index is 1.93. The summed E-state index contributed by atoms with van der Waals surface area (Å²) in [6, 6.07) is 17.2. The normalized spacial score (nSPS) is 10.6. The van der Waals surface area contributed by atoms with Crippen LogP contribution in [0.15, 0.2) is 54.6 Å². The van der Waals surface area contributed by atoms with E-state index in [1.807, 2.05) is 31.2 Å². The lowest BCUT2D eigenvalue weighted by Gasteiger charge is -2.15. The van der Waals surface area contributed by atoms with Crippen LogP contribution in [0.4, 0.5) is 0 Å². The second-order valence-corrected chi connectivity index (χ2v) is 5.92. The lowest BCUT2D eigenvalue weighted by atomic mass is 10.1. The summed E-state index contributed by atoms with van der Waals surface area (Å²) < 4.78 is 11.5. The molecule has 3 rings (SSSR count). The Kier molecular flexibility index (Phi) is 5.10. The molecule has 0 aliphatic carbocycles. The van der Waals surface area contributed by atoms with Gasteiger partial charge in [0.2, 0.25) is 5.91 Å². The summed E-state index contributed by atoms with van der Waals surface area (Å²) in [4.78, 5) is 11.4. The van der Waals surface area contributed by atoms with Crippen LogP contribution < -0.4 is 15.2 Å². The van der Waals surface area contributed by atoms with Crippen molar-refractivity contribution in [1.29, 1.82) is 0 Å². The first kappa shape index (κ1) is 17.1. The Bertz CT molecular complexity index is 919. The molecule has 128 valence electrons. The van der Waals surface area contributed by atoms with E-state index >= 15 is 0 Å². The van der Waals surface area contributed by atoms with Gasteiger partial charge >= 0.3 is 0 Å². The van der Waals surface area contributed by atoms with Crippen LogP contribution in [0.25, 0.3) is 10.8 Å². The molecular formula is C20H18ClNO3. The van der Waals surface area contributed by atoms with Crippen LogP contribution in [0.5, 0.6) is 11.5 Å². The summed E-state index contributed by atoms with van der Waals surface area (Å²) in [5.41, 5.74) is 6.65. The van der Waals surface area contributed by atoms with Gasteiger partial charge in [-0.3, -0.25) is 4.79 Å². The van der Waals surface area contributed by atoms with Crippen molar-refractivity contribution in [3.8, 4) is 11.5 Å². The molecule has 0 unspecified atom stereocenters. The number of halogens is 1. The first-order valence-electron chi connectivity index (χ1n) is 7.95. The summed E-state index contributed by atoms with van der Waals surface area (Å²) in [7, 11) is 0. The number of hydrogen-bond acceptors (Lipinski definition) is 3. The molecule has 0 bridgehead atoms. The molecule has 0 spiro atoms. The molecule has 3 aromatic rings. The monoisotopic (exact) mass is 355 g/mol. The fraction of sp³-hybridized carbons (Fsp3) is 0.150. The number of rotatable bonds is 6. The molecule has 4 nitrogen and oxygen atoms in total. The molecule has 0 aliphatic heterocycles. The summed E-state index contributed by atoms with van der Waals surface area (Å²) >= 11 is 6.29. The van der Waals surface area contributed by atoms with E-state index in [0.717, 1.165) is 16.3 Å². The van der Waals surface area contributed by atoms with Gasteiger partial charge in [-0.15, -0.1) is 0 Å². The largest absolute Gasteiger partial charge is 0.490 e. The maximum atomic E-state index is 11.4. The van der Waals surface area contributed by atoms with Gasteiger partial charge in [0.1, 0.15) is 6.61 Å².